The number of halogens is 4. The van der Waals surface area contributed by atoms with E-state index in [9.17, 15) is 18.0 Å². The number of pyridine rings is 1. The molecular formula is C22H20ClF3N4O3. The molecular weight excluding hydrogens is 461 g/mol. The Balaban J connectivity index is 1.34. The van der Waals surface area contributed by atoms with Gasteiger partial charge in [0.05, 0.1) is 23.4 Å². The zero-order valence-electron chi connectivity index (χ0n) is 17.6. The van der Waals surface area contributed by atoms with E-state index in [2.05, 4.69) is 9.97 Å². The van der Waals surface area contributed by atoms with Gasteiger partial charge in [0.15, 0.2) is 0 Å². The zero-order chi connectivity index (χ0) is 23.6. The number of alkyl halides is 3. The first-order chi connectivity index (χ1) is 15.7. The average molecular weight is 481 g/mol. The highest BCUT2D eigenvalue weighted by atomic mass is 35.5. The van der Waals surface area contributed by atoms with E-state index in [1.165, 1.54) is 12.3 Å². The number of rotatable bonds is 6. The van der Waals surface area contributed by atoms with Gasteiger partial charge in [-0.15, -0.1) is 0 Å². The fourth-order valence-electron chi connectivity index (χ4n) is 3.46. The zero-order valence-corrected chi connectivity index (χ0v) is 18.4. The Morgan fingerprint density at radius 1 is 1.12 bits per heavy atom. The van der Waals surface area contributed by atoms with Crippen LogP contribution >= 0.6 is 11.6 Å². The van der Waals surface area contributed by atoms with Crippen molar-refractivity contribution in [3.63, 3.8) is 0 Å². The van der Waals surface area contributed by atoms with Crippen LogP contribution in [0, 0.1) is 0 Å². The quantitative estimate of drug-likeness (QED) is 0.515. The number of benzene rings is 1. The van der Waals surface area contributed by atoms with Crippen LogP contribution in [0.5, 0.6) is 17.4 Å². The van der Waals surface area contributed by atoms with Crippen molar-refractivity contribution in [3.8, 4) is 17.4 Å². The van der Waals surface area contributed by atoms with Crippen molar-refractivity contribution in [3.05, 3.63) is 69.4 Å². The second kappa shape index (κ2) is 9.30. The lowest BCUT2D eigenvalue weighted by Crippen LogP contribution is -2.36. The van der Waals surface area contributed by atoms with Crippen LogP contribution in [0.3, 0.4) is 0 Å². The smallest absolute Gasteiger partial charge is 0.417 e. The maximum absolute atomic E-state index is 12.8. The third-order valence-electron chi connectivity index (χ3n) is 5.12. The number of fused-ring (bicyclic) bond motifs is 1. The Hall–Kier alpha value is -3.27. The van der Waals surface area contributed by atoms with Gasteiger partial charge in [0.2, 0.25) is 5.88 Å². The fraction of sp³-hybridized carbons (Fsp3) is 0.318. The van der Waals surface area contributed by atoms with Crippen molar-refractivity contribution in [1.29, 1.82) is 0 Å². The van der Waals surface area contributed by atoms with Crippen molar-refractivity contribution >= 4 is 17.4 Å². The summed E-state index contributed by atoms with van der Waals surface area (Å²) in [5.41, 5.74) is -0.551. The largest absolute Gasteiger partial charge is 0.477 e. The number of hydrogen-bond acceptors (Lipinski definition) is 6. The molecule has 174 valence electrons. The first-order valence-electron chi connectivity index (χ1n) is 10.2. The van der Waals surface area contributed by atoms with E-state index in [4.69, 9.17) is 21.1 Å². The van der Waals surface area contributed by atoms with Gasteiger partial charge < -0.3 is 14.4 Å². The highest BCUT2D eigenvalue weighted by Crippen LogP contribution is 2.37. The minimum Gasteiger partial charge on any atom is -0.477 e. The first-order valence-corrected chi connectivity index (χ1v) is 10.5. The van der Waals surface area contributed by atoms with Crippen LogP contribution in [-0.2, 0) is 19.1 Å². The molecule has 2 aromatic heterocycles. The molecule has 0 bridgehead atoms. The third-order valence-corrected chi connectivity index (χ3v) is 5.43. The summed E-state index contributed by atoms with van der Waals surface area (Å²) < 4.78 is 51.2. The number of nitrogens with zero attached hydrogens (tertiary/aromatic N) is 4. The van der Waals surface area contributed by atoms with Crippen LogP contribution in [0.15, 0.2) is 47.4 Å². The molecule has 7 nitrogen and oxygen atoms in total. The molecule has 0 aliphatic carbocycles. The van der Waals surface area contributed by atoms with Gasteiger partial charge in [-0.25, -0.2) is 4.79 Å². The van der Waals surface area contributed by atoms with E-state index < -0.39 is 16.8 Å². The van der Waals surface area contributed by atoms with E-state index in [-0.39, 0.29) is 23.9 Å². The van der Waals surface area contributed by atoms with Crippen LogP contribution in [0.1, 0.15) is 17.7 Å². The maximum atomic E-state index is 12.8. The Bertz CT molecular complexity index is 1200. The molecule has 11 heteroatoms. The maximum Gasteiger partial charge on any atom is 0.417 e. The van der Waals surface area contributed by atoms with Crippen LogP contribution in [0.25, 0.3) is 0 Å². The molecule has 0 saturated carbocycles. The topological polar surface area (TPSA) is 69.5 Å². The lowest BCUT2D eigenvalue weighted by Gasteiger charge is -2.28. The van der Waals surface area contributed by atoms with Crippen LogP contribution < -0.4 is 20.1 Å². The normalized spacial score (nSPS) is 13.5. The van der Waals surface area contributed by atoms with Crippen molar-refractivity contribution in [2.45, 2.75) is 25.6 Å². The van der Waals surface area contributed by atoms with Crippen LogP contribution in [0.2, 0.25) is 5.02 Å². The lowest BCUT2D eigenvalue weighted by molar-refractivity contribution is -0.137. The SMILES string of the molecule is CN1CCCn2c1cc(OCCc1ccc(Oc3ccc(C(F)(F)F)c(Cl)c3)cn1)nc2=O. The van der Waals surface area contributed by atoms with E-state index in [0.717, 1.165) is 30.9 Å². The first kappa shape index (κ1) is 22.9. The molecule has 0 radical (unpaired) electrons. The van der Waals surface area contributed by atoms with Crippen molar-refractivity contribution < 1.29 is 22.6 Å². The standard InChI is InChI=1S/C22H20ClF3N4O3/c1-29-8-2-9-30-20(29)12-19(28-21(30)31)32-10-7-14-3-4-16(13-27-14)33-15-5-6-17(18(23)11-15)22(24,25)26/h3-6,11-13H,2,7-10H2,1H3. The number of ether oxygens (including phenoxy) is 2. The van der Waals surface area contributed by atoms with E-state index in [1.54, 1.807) is 22.8 Å². The van der Waals surface area contributed by atoms with Crippen LogP contribution in [0.4, 0.5) is 19.0 Å². The van der Waals surface area contributed by atoms with Gasteiger partial charge in [0.1, 0.15) is 17.3 Å². The molecule has 0 amide bonds. The molecule has 3 aromatic rings. The molecule has 0 N–H and O–H groups in total. The second-order valence-electron chi connectivity index (χ2n) is 7.49. The minimum atomic E-state index is -4.53. The molecule has 0 saturated heterocycles. The highest BCUT2D eigenvalue weighted by molar-refractivity contribution is 6.31. The van der Waals surface area contributed by atoms with Crippen LogP contribution in [-0.4, -0.2) is 34.7 Å². The molecule has 4 rings (SSSR count). The summed E-state index contributed by atoms with van der Waals surface area (Å²) in [6.45, 7) is 1.77. The Kier molecular flexibility index (Phi) is 6.46. The molecule has 33 heavy (non-hydrogen) atoms. The molecule has 3 heterocycles. The number of hydrogen-bond donors (Lipinski definition) is 0. The monoisotopic (exact) mass is 480 g/mol. The van der Waals surface area contributed by atoms with Gasteiger partial charge in [-0.1, -0.05) is 11.6 Å². The predicted molar refractivity (Wildman–Crippen MR) is 116 cm³/mol. The summed E-state index contributed by atoms with van der Waals surface area (Å²) >= 11 is 5.71. The van der Waals surface area contributed by atoms with Crippen molar-refractivity contribution in [1.82, 2.24) is 14.5 Å². The molecule has 1 aliphatic heterocycles. The Labute approximate surface area is 192 Å². The third kappa shape index (κ3) is 5.39. The summed E-state index contributed by atoms with van der Waals surface area (Å²) in [5.74, 6) is 1.56. The van der Waals surface area contributed by atoms with Gasteiger partial charge >= 0.3 is 11.9 Å². The molecule has 1 aromatic carbocycles. The summed E-state index contributed by atoms with van der Waals surface area (Å²) in [5, 5.41) is -0.441. The van der Waals surface area contributed by atoms with Gasteiger partial charge in [0, 0.05) is 44.4 Å². The Morgan fingerprint density at radius 3 is 2.61 bits per heavy atom. The van der Waals surface area contributed by atoms with Gasteiger partial charge in [-0.3, -0.25) is 9.55 Å². The van der Waals surface area contributed by atoms with Gasteiger partial charge in [0.25, 0.3) is 0 Å². The van der Waals surface area contributed by atoms with E-state index >= 15 is 0 Å². The lowest BCUT2D eigenvalue weighted by atomic mass is 10.2. The summed E-state index contributed by atoms with van der Waals surface area (Å²) in [7, 11) is 1.92. The predicted octanol–water partition coefficient (Wildman–Crippen LogP) is 4.56. The molecule has 0 spiro atoms. The minimum absolute atomic E-state index is 0.167. The molecule has 0 unspecified atom stereocenters. The Morgan fingerprint density at radius 2 is 1.91 bits per heavy atom. The highest BCUT2D eigenvalue weighted by Gasteiger charge is 2.33. The number of aromatic nitrogens is 3. The molecule has 0 atom stereocenters. The second-order valence-corrected chi connectivity index (χ2v) is 7.89. The average Bonchev–Trinajstić information content (AvgIpc) is 2.75. The van der Waals surface area contributed by atoms with E-state index in [0.29, 0.717) is 24.4 Å². The van der Waals surface area contributed by atoms with Gasteiger partial charge in [-0.2, -0.15) is 18.2 Å². The van der Waals surface area contributed by atoms with Crippen molar-refractivity contribution in [2.75, 3.05) is 25.1 Å². The molecule has 1 aliphatic rings. The van der Waals surface area contributed by atoms with Crippen molar-refractivity contribution in [2.24, 2.45) is 0 Å². The van der Waals surface area contributed by atoms with E-state index in [1.807, 2.05) is 11.9 Å². The summed E-state index contributed by atoms with van der Waals surface area (Å²) in [4.78, 5) is 22.4. The summed E-state index contributed by atoms with van der Waals surface area (Å²) in [6.07, 6.45) is -1.72. The van der Waals surface area contributed by atoms with Gasteiger partial charge in [-0.05, 0) is 30.7 Å². The molecule has 0 fully saturated rings. The fourth-order valence-corrected chi connectivity index (χ4v) is 3.74. The summed E-state index contributed by atoms with van der Waals surface area (Å²) in [6, 6.07) is 8.29. The number of anilines is 1.